The maximum atomic E-state index is 12.5. The Labute approximate surface area is 191 Å². The molecule has 7 nitrogen and oxygen atoms in total. The highest BCUT2D eigenvalue weighted by molar-refractivity contribution is 9.10. The molecule has 3 heterocycles. The van der Waals surface area contributed by atoms with Gasteiger partial charge in [-0.3, -0.25) is 0 Å². The van der Waals surface area contributed by atoms with Gasteiger partial charge in [0.25, 0.3) is 0 Å². The molecule has 2 amide bonds. The van der Waals surface area contributed by atoms with Gasteiger partial charge in [0.1, 0.15) is 11.4 Å². The SMILES string of the molecule is Cc1c(NC(=O)Nc2ccc(Br)cc2)ccc2nc(-c3ccco3)c(-c3ccco3)nc12. The highest BCUT2D eigenvalue weighted by Crippen LogP contribution is 2.33. The van der Waals surface area contributed by atoms with Gasteiger partial charge in [0.15, 0.2) is 11.5 Å². The normalized spacial score (nSPS) is 10.9. The monoisotopic (exact) mass is 488 g/mol. The second-order valence-electron chi connectivity index (χ2n) is 7.07. The molecule has 0 aliphatic carbocycles. The van der Waals surface area contributed by atoms with Gasteiger partial charge in [-0.25, -0.2) is 14.8 Å². The molecule has 0 fully saturated rings. The summed E-state index contributed by atoms with van der Waals surface area (Å²) in [5.41, 5.74) is 4.61. The first kappa shape index (κ1) is 20.0. The van der Waals surface area contributed by atoms with Crippen molar-refractivity contribution in [2.75, 3.05) is 10.6 Å². The smallest absolute Gasteiger partial charge is 0.323 e. The van der Waals surface area contributed by atoms with E-state index in [-0.39, 0.29) is 6.03 Å². The Morgan fingerprint density at radius 3 is 2.12 bits per heavy atom. The summed E-state index contributed by atoms with van der Waals surface area (Å²) in [4.78, 5) is 22.1. The maximum Gasteiger partial charge on any atom is 0.323 e. The first-order chi connectivity index (χ1) is 15.6. The lowest BCUT2D eigenvalue weighted by Gasteiger charge is -2.13. The van der Waals surface area contributed by atoms with Gasteiger partial charge in [-0.05, 0) is 67.6 Å². The van der Waals surface area contributed by atoms with Gasteiger partial charge in [0, 0.05) is 21.4 Å². The molecule has 0 radical (unpaired) electrons. The van der Waals surface area contributed by atoms with Gasteiger partial charge in [0.2, 0.25) is 0 Å². The third kappa shape index (κ3) is 3.88. The molecule has 0 spiro atoms. The number of hydrogen-bond donors (Lipinski definition) is 2. The molecule has 2 N–H and O–H groups in total. The summed E-state index contributed by atoms with van der Waals surface area (Å²) in [6.07, 6.45) is 3.18. The minimum Gasteiger partial charge on any atom is -0.463 e. The molecular weight excluding hydrogens is 472 g/mol. The van der Waals surface area contributed by atoms with Crippen LogP contribution in [0.1, 0.15) is 5.56 Å². The lowest BCUT2D eigenvalue weighted by atomic mass is 10.1. The van der Waals surface area contributed by atoms with Crippen LogP contribution < -0.4 is 10.6 Å². The van der Waals surface area contributed by atoms with Crippen LogP contribution in [0.25, 0.3) is 33.9 Å². The van der Waals surface area contributed by atoms with E-state index >= 15 is 0 Å². The number of rotatable bonds is 4. The number of halogens is 1. The van der Waals surface area contributed by atoms with Crippen LogP contribution in [-0.4, -0.2) is 16.0 Å². The second kappa shape index (κ2) is 8.32. The zero-order valence-corrected chi connectivity index (χ0v) is 18.5. The van der Waals surface area contributed by atoms with E-state index in [0.717, 1.165) is 10.0 Å². The van der Waals surface area contributed by atoms with E-state index in [1.165, 1.54) is 0 Å². The summed E-state index contributed by atoms with van der Waals surface area (Å²) >= 11 is 3.38. The number of nitrogens with one attached hydrogen (secondary N) is 2. The number of aryl methyl sites for hydroxylation is 1. The number of furan rings is 2. The maximum absolute atomic E-state index is 12.5. The van der Waals surface area contributed by atoms with Gasteiger partial charge in [-0.1, -0.05) is 15.9 Å². The van der Waals surface area contributed by atoms with Crippen molar-refractivity contribution in [1.29, 1.82) is 0 Å². The molecule has 8 heteroatoms. The number of carbonyl (C=O) groups is 1. The van der Waals surface area contributed by atoms with Crippen LogP contribution in [0, 0.1) is 6.92 Å². The van der Waals surface area contributed by atoms with Crippen molar-refractivity contribution < 1.29 is 13.6 Å². The number of hydrogen-bond acceptors (Lipinski definition) is 5. The number of carbonyl (C=O) groups excluding carboxylic acids is 1. The molecule has 0 saturated heterocycles. The van der Waals surface area contributed by atoms with E-state index in [1.54, 1.807) is 24.7 Å². The minimum absolute atomic E-state index is 0.346. The van der Waals surface area contributed by atoms with Crippen LogP contribution in [0.2, 0.25) is 0 Å². The lowest BCUT2D eigenvalue weighted by Crippen LogP contribution is -2.20. The molecule has 0 aliphatic rings. The van der Waals surface area contributed by atoms with Crippen molar-refractivity contribution in [2.24, 2.45) is 0 Å². The zero-order chi connectivity index (χ0) is 22.1. The summed E-state index contributed by atoms with van der Waals surface area (Å²) < 4.78 is 12.1. The van der Waals surface area contributed by atoms with Crippen molar-refractivity contribution in [3.63, 3.8) is 0 Å². The predicted molar refractivity (Wildman–Crippen MR) is 126 cm³/mol. The molecule has 5 aromatic rings. The summed E-state index contributed by atoms with van der Waals surface area (Å²) in [7, 11) is 0. The minimum atomic E-state index is -0.346. The van der Waals surface area contributed by atoms with Crippen molar-refractivity contribution in [3.8, 4) is 22.9 Å². The Morgan fingerprint density at radius 2 is 1.50 bits per heavy atom. The van der Waals surface area contributed by atoms with Crippen LogP contribution >= 0.6 is 15.9 Å². The number of fused-ring (bicyclic) bond motifs is 1. The first-order valence-electron chi connectivity index (χ1n) is 9.81. The third-order valence-electron chi connectivity index (χ3n) is 4.95. The summed E-state index contributed by atoms with van der Waals surface area (Å²) in [5, 5.41) is 5.71. The molecule has 0 saturated carbocycles. The van der Waals surface area contributed by atoms with Gasteiger partial charge >= 0.3 is 6.03 Å². The Balaban J connectivity index is 1.52. The molecule has 2 aromatic carbocycles. The van der Waals surface area contributed by atoms with Gasteiger partial charge in [-0.15, -0.1) is 0 Å². The van der Waals surface area contributed by atoms with Gasteiger partial charge in [-0.2, -0.15) is 0 Å². The third-order valence-corrected chi connectivity index (χ3v) is 5.48. The summed E-state index contributed by atoms with van der Waals surface area (Å²) in [5.74, 6) is 1.18. The molecular formula is C24H17BrN4O3. The Hall–Kier alpha value is -3.91. The average molecular weight is 489 g/mol. The lowest BCUT2D eigenvalue weighted by molar-refractivity contribution is 0.262. The Morgan fingerprint density at radius 1 is 0.844 bits per heavy atom. The fourth-order valence-electron chi connectivity index (χ4n) is 3.38. The fourth-order valence-corrected chi connectivity index (χ4v) is 3.64. The summed E-state index contributed by atoms with van der Waals surface area (Å²) in [6, 6.07) is 17.9. The molecule has 0 unspecified atom stereocenters. The van der Waals surface area contributed by atoms with E-state index in [2.05, 4.69) is 26.6 Å². The molecule has 0 aliphatic heterocycles. The standard InChI is InChI=1S/C24H17BrN4O3/c1-14-17(28-24(30)26-16-8-6-15(25)7-9-16)10-11-18-21(14)29-23(20-5-3-13-32-20)22(27-18)19-4-2-12-31-19/h2-13H,1H3,(H2,26,28,30). The van der Waals surface area contributed by atoms with Crippen LogP contribution in [0.5, 0.6) is 0 Å². The van der Waals surface area contributed by atoms with E-state index < -0.39 is 0 Å². The summed E-state index contributed by atoms with van der Waals surface area (Å²) in [6.45, 7) is 1.89. The number of anilines is 2. The van der Waals surface area contributed by atoms with Crippen molar-refractivity contribution >= 4 is 44.4 Å². The van der Waals surface area contributed by atoms with Gasteiger partial charge < -0.3 is 19.5 Å². The predicted octanol–water partition coefficient (Wildman–Crippen LogP) is 6.86. The quantitative estimate of drug-likeness (QED) is 0.288. The Bertz CT molecular complexity index is 1400. The molecule has 0 atom stereocenters. The highest BCUT2D eigenvalue weighted by Gasteiger charge is 2.19. The van der Waals surface area contributed by atoms with Crippen LogP contribution in [-0.2, 0) is 0 Å². The van der Waals surface area contributed by atoms with Crippen LogP contribution in [0.4, 0.5) is 16.2 Å². The van der Waals surface area contributed by atoms with E-state index in [4.69, 9.17) is 18.8 Å². The zero-order valence-electron chi connectivity index (χ0n) is 16.9. The van der Waals surface area contributed by atoms with E-state index in [0.29, 0.717) is 45.3 Å². The van der Waals surface area contributed by atoms with E-state index in [9.17, 15) is 4.79 Å². The van der Waals surface area contributed by atoms with Crippen LogP contribution in [0.15, 0.2) is 86.5 Å². The van der Waals surface area contributed by atoms with Crippen LogP contribution in [0.3, 0.4) is 0 Å². The van der Waals surface area contributed by atoms with Crippen molar-refractivity contribution in [1.82, 2.24) is 9.97 Å². The van der Waals surface area contributed by atoms with Gasteiger partial charge in [0.05, 0.1) is 23.6 Å². The topological polar surface area (TPSA) is 93.2 Å². The number of aromatic nitrogens is 2. The van der Waals surface area contributed by atoms with Crippen molar-refractivity contribution in [2.45, 2.75) is 6.92 Å². The molecule has 3 aromatic heterocycles. The average Bonchev–Trinajstić information content (AvgIpc) is 3.51. The van der Waals surface area contributed by atoms with E-state index in [1.807, 2.05) is 55.5 Å². The molecule has 0 bridgehead atoms. The molecule has 32 heavy (non-hydrogen) atoms. The molecule has 158 valence electrons. The highest BCUT2D eigenvalue weighted by atomic mass is 79.9. The fraction of sp³-hybridized carbons (Fsp3) is 0.0417. The number of benzene rings is 2. The first-order valence-corrected chi connectivity index (χ1v) is 10.6. The van der Waals surface area contributed by atoms with Crippen molar-refractivity contribution in [3.05, 3.63) is 83.2 Å². The molecule has 5 rings (SSSR count). The largest absolute Gasteiger partial charge is 0.463 e. The number of nitrogens with zero attached hydrogens (tertiary/aromatic N) is 2. The number of amides is 2. The number of urea groups is 1. The second-order valence-corrected chi connectivity index (χ2v) is 7.98. The Kier molecular flexibility index (Phi) is 5.20.